The van der Waals surface area contributed by atoms with Gasteiger partial charge in [0.15, 0.2) is 12.3 Å². The van der Waals surface area contributed by atoms with Gasteiger partial charge < -0.3 is 24.5 Å². The van der Waals surface area contributed by atoms with Gasteiger partial charge in [-0.05, 0) is 85.2 Å². The smallest absolute Gasteiger partial charge is 0.256 e. The molecule has 1 saturated carbocycles. The maximum atomic E-state index is 14.1. The average Bonchev–Trinajstić information content (AvgIpc) is 3.95. The van der Waals surface area contributed by atoms with Gasteiger partial charge >= 0.3 is 0 Å². The lowest BCUT2D eigenvalue weighted by atomic mass is 10.1. The van der Waals surface area contributed by atoms with E-state index in [4.69, 9.17) is 14.6 Å². The molecule has 56 heavy (non-hydrogen) atoms. The number of rotatable bonds is 10. The number of pyridine rings is 1. The molecule has 3 fully saturated rings. The first-order valence-corrected chi connectivity index (χ1v) is 19.1. The Kier molecular flexibility index (Phi) is 9.65. The minimum atomic E-state index is -0.870. The van der Waals surface area contributed by atoms with Gasteiger partial charge in [0.1, 0.15) is 11.6 Å². The van der Waals surface area contributed by atoms with Gasteiger partial charge in [0.25, 0.3) is 11.8 Å². The largest absolute Gasteiger partial charge is 0.357 e. The number of carbonyl (C=O) groups excluding carboxylic acids is 2. The summed E-state index contributed by atoms with van der Waals surface area (Å²) < 4.78 is 5.07. The molecular weight excluding hydrogens is 705 g/mol. The molecule has 2 amide bonds. The summed E-state index contributed by atoms with van der Waals surface area (Å²) in [6.45, 7) is 1.41. The SMILES string of the molecule is COCONC1(C(=O)N2CCC[C@H]2c2ncc(-c3ccc(C#Cc4ccc(-c5cnc([C@@H]6CCCN6C(=O)c6cccnc6)[nH]5)cc4)cc3)[nH]2)C2=CC=CCC21. The van der Waals surface area contributed by atoms with E-state index >= 15 is 0 Å². The normalized spacial score (nSPS) is 22.4. The van der Waals surface area contributed by atoms with Gasteiger partial charge in [0.05, 0.1) is 41.4 Å². The van der Waals surface area contributed by atoms with Gasteiger partial charge in [-0.1, -0.05) is 54.3 Å². The number of likely N-dealkylation sites (tertiary alicyclic amines) is 2. The van der Waals surface area contributed by atoms with Gasteiger partial charge in [-0.15, -0.1) is 0 Å². The number of aromatic amines is 2. The van der Waals surface area contributed by atoms with Gasteiger partial charge in [-0.3, -0.25) is 19.4 Å². The van der Waals surface area contributed by atoms with Crippen LogP contribution in [0.25, 0.3) is 22.5 Å². The second-order valence-corrected chi connectivity index (χ2v) is 14.6. The molecule has 5 heterocycles. The van der Waals surface area contributed by atoms with Crippen LogP contribution in [-0.4, -0.2) is 79.1 Å². The third-order valence-corrected chi connectivity index (χ3v) is 11.3. The van der Waals surface area contributed by atoms with Crippen LogP contribution in [0.1, 0.15) is 77.3 Å². The lowest BCUT2D eigenvalue weighted by molar-refractivity contribution is -0.147. The number of H-pyrrole nitrogens is 2. The van der Waals surface area contributed by atoms with E-state index in [9.17, 15) is 9.59 Å². The maximum absolute atomic E-state index is 14.1. The first-order valence-electron chi connectivity index (χ1n) is 19.1. The standard InChI is InChI=1S/C44H42N8O4/c1-55-28-56-50-44(34-8-2-3-9-35(34)44)43(54)52-24-6-11-39(52)41-47-27-37(49-41)32-20-16-30(17-21-32)13-12-29-14-18-31(19-15-29)36-26-46-40(48-36)38-10-5-23-51(38)42(53)33-7-4-22-45-25-33/h2-4,7-8,14-22,25-27,35,38-39,50H,5-6,9-11,23-24,28H2,1H3,(H,46,48)(H,47,49)/t35?,38-,39-,44?/m0/s1. The van der Waals surface area contributed by atoms with Crippen molar-refractivity contribution in [2.45, 2.75) is 49.7 Å². The molecule has 0 bridgehead atoms. The zero-order valence-electron chi connectivity index (χ0n) is 31.1. The van der Waals surface area contributed by atoms with Crippen molar-refractivity contribution in [3.63, 3.8) is 0 Å². The Balaban J connectivity index is 0.835. The molecular formula is C44H42N8O4. The fourth-order valence-electron chi connectivity index (χ4n) is 8.39. The van der Waals surface area contributed by atoms with Crippen LogP contribution in [0.2, 0.25) is 0 Å². The molecule has 282 valence electrons. The Labute approximate surface area is 325 Å². The summed E-state index contributed by atoms with van der Waals surface area (Å²) in [6, 6.07) is 19.5. The molecule has 2 unspecified atom stereocenters. The van der Waals surface area contributed by atoms with Crippen LogP contribution in [-0.2, 0) is 14.4 Å². The highest BCUT2D eigenvalue weighted by atomic mass is 16.8. The minimum absolute atomic E-state index is 0.0181. The minimum Gasteiger partial charge on any atom is -0.357 e. The zero-order valence-corrected chi connectivity index (χ0v) is 31.1. The van der Waals surface area contributed by atoms with E-state index in [0.29, 0.717) is 18.7 Å². The summed E-state index contributed by atoms with van der Waals surface area (Å²) in [5.41, 5.74) is 9.41. The number of nitrogens with zero attached hydrogens (tertiary/aromatic N) is 5. The van der Waals surface area contributed by atoms with Crippen LogP contribution in [0.15, 0.2) is 109 Å². The van der Waals surface area contributed by atoms with E-state index in [0.717, 1.165) is 83.0 Å². The van der Waals surface area contributed by atoms with Crippen LogP contribution < -0.4 is 5.48 Å². The summed E-state index contributed by atoms with van der Waals surface area (Å²) in [4.78, 5) is 57.2. The number of fused-ring (bicyclic) bond motifs is 1. The highest BCUT2D eigenvalue weighted by molar-refractivity contribution is 5.97. The number of imidazole rings is 2. The lowest BCUT2D eigenvalue weighted by Crippen LogP contribution is -2.50. The van der Waals surface area contributed by atoms with Gasteiger partial charge in [0, 0.05) is 49.6 Å². The number of nitrogens with one attached hydrogen (secondary N) is 3. The molecule has 2 aromatic carbocycles. The van der Waals surface area contributed by atoms with Crippen LogP contribution in [0.5, 0.6) is 0 Å². The van der Waals surface area contributed by atoms with Crippen LogP contribution in [0.3, 0.4) is 0 Å². The Morgan fingerprint density at radius 3 is 2.05 bits per heavy atom. The Bertz CT molecular complexity index is 2350. The van der Waals surface area contributed by atoms with Crippen molar-refractivity contribution >= 4 is 11.8 Å². The molecule has 3 aromatic heterocycles. The van der Waals surface area contributed by atoms with E-state index < -0.39 is 5.54 Å². The van der Waals surface area contributed by atoms with Crippen molar-refractivity contribution in [2.75, 3.05) is 27.0 Å². The molecule has 0 radical (unpaired) electrons. The van der Waals surface area contributed by atoms with Crippen molar-refractivity contribution in [1.29, 1.82) is 0 Å². The molecule has 4 atom stereocenters. The summed E-state index contributed by atoms with van der Waals surface area (Å²) in [5, 5.41) is 0. The molecule has 9 rings (SSSR count). The van der Waals surface area contributed by atoms with Crippen LogP contribution in [0, 0.1) is 17.8 Å². The second kappa shape index (κ2) is 15.2. The van der Waals surface area contributed by atoms with Crippen molar-refractivity contribution in [1.82, 2.24) is 40.2 Å². The molecule has 5 aromatic rings. The monoisotopic (exact) mass is 746 g/mol. The van der Waals surface area contributed by atoms with Crippen LogP contribution in [0.4, 0.5) is 0 Å². The molecule has 3 N–H and O–H groups in total. The van der Waals surface area contributed by atoms with E-state index in [-0.39, 0.29) is 36.6 Å². The van der Waals surface area contributed by atoms with Crippen molar-refractivity contribution < 1.29 is 19.2 Å². The van der Waals surface area contributed by atoms with E-state index in [2.05, 4.69) is 43.3 Å². The maximum Gasteiger partial charge on any atom is 0.256 e. The quantitative estimate of drug-likeness (QED) is 0.0657. The number of hydrogen-bond acceptors (Lipinski definition) is 8. The van der Waals surface area contributed by atoms with E-state index in [1.165, 1.54) is 0 Å². The summed E-state index contributed by atoms with van der Waals surface area (Å²) >= 11 is 0. The van der Waals surface area contributed by atoms with Gasteiger partial charge in [-0.2, -0.15) is 5.48 Å². The second-order valence-electron chi connectivity index (χ2n) is 14.6. The number of methoxy groups -OCH3 is 1. The van der Waals surface area contributed by atoms with Crippen LogP contribution >= 0.6 is 0 Å². The average molecular weight is 747 g/mol. The number of aromatic nitrogens is 5. The number of amides is 2. The molecule has 4 aliphatic rings. The zero-order chi connectivity index (χ0) is 38.1. The van der Waals surface area contributed by atoms with E-state index in [1.54, 1.807) is 31.6 Å². The third kappa shape index (κ3) is 6.64. The lowest BCUT2D eigenvalue weighted by Gasteiger charge is -2.28. The Morgan fingerprint density at radius 1 is 0.857 bits per heavy atom. The van der Waals surface area contributed by atoms with Crippen molar-refractivity contribution in [2.24, 2.45) is 5.92 Å². The highest BCUT2D eigenvalue weighted by Crippen LogP contribution is 2.56. The fourth-order valence-corrected chi connectivity index (χ4v) is 8.39. The molecule has 2 saturated heterocycles. The highest BCUT2D eigenvalue weighted by Gasteiger charge is 2.67. The molecule has 0 spiro atoms. The number of allylic oxidation sites excluding steroid dienone is 3. The summed E-state index contributed by atoms with van der Waals surface area (Å²) in [5.74, 6) is 8.21. The summed E-state index contributed by atoms with van der Waals surface area (Å²) in [6.07, 6.45) is 17.4. The van der Waals surface area contributed by atoms with Crippen molar-refractivity contribution in [3.8, 4) is 34.4 Å². The van der Waals surface area contributed by atoms with Crippen molar-refractivity contribution in [3.05, 3.63) is 138 Å². The third-order valence-electron chi connectivity index (χ3n) is 11.3. The molecule has 2 aliphatic carbocycles. The van der Waals surface area contributed by atoms with Gasteiger partial charge in [-0.25, -0.2) is 9.97 Å². The number of benzene rings is 2. The Morgan fingerprint density at radius 2 is 1.48 bits per heavy atom. The molecule has 12 heteroatoms. The molecule has 2 aliphatic heterocycles. The van der Waals surface area contributed by atoms with E-state index in [1.807, 2.05) is 82.9 Å². The fraction of sp³-hybridized carbons (Fsp3) is 0.295. The number of carbonyl (C=O) groups is 2. The molecule has 12 nitrogen and oxygen atoms in total. The Hall–Kier alpha value is -6.13. The first-order chi connectivity index (χ1) is 27.5. The topological polar surface area (TPSA) is 141 Å². The predicted molar refractivity (Wildman–Crippen MR) is 209 cm³/mol. The number of ether oxygens (including phenoxy) is 1. The predicted octanol–water partition coefficient (Wildman–Crippen LogP) is 6.28. The summed E-state index contributed by atoms with van der Waals surface area (Å²) in [7, 11) is 1.56. The van der Waals surface area contributed by atoms with Gasteiger partial charge in [0.2, 0.25) is 0 Å². The number of hydroxylamine groups is 1. The number of hydrogen-bond donors (Lipinski definition) is 3. The first kappa shape index (κ1) is 35.6.